The molecule has 1 unspecified atom stereocenters. The van der Waals surface area contributed by atoms with E-state index >= 15 is 0 Å². The van der Waals surface area contributed by atoms with Gasteiger partial charge in [0.05, 0.1) is 0 Å². The molecule has 6 heteroatoms. The Labute approximate surface area is 122 Å². The van der Waals surface area contributed by atoms with E-state index in [-0.39, 0.29) is 0 Å². The molecule has 0 spiro atoms. The molecule has 0 aliphatic carbocycles. The minimum Gasteiger partial charge on any atom is -0.480 e. The number of aliphatic carboxylic acids is 1. The Kier molecular flexibility index (Phi) is 14.2. The highest BCUT2D eigenvalue weighted by atomic mass is 16.4. The maximum absolute atomic E-state index is 11.1. The zero-order chi connectivity index (χ0) is 15.1. The summed E-state index contributed by atoms with van der Waals surface area (Å²) in [6, 6.07) is -0.413. The van der Waals surface area contributed by atoms with E-state index in [0.29, 0.717) is 19.5 Å². The first-order valence-electron chi connectivity index (χ1n) is 7.80. The molecular weight excluding hydrogens is 256 g/mol. The first-order chi connectivity index (χ1) is 9.72. The van der Waals surface area contributed by atoms with Crippen LogP contribution in [0.5, 0.6) is 0 Å². The SMILES string of the molecule is CCCCCCC(NCCNCCNCCN)C(=O)O. The minimum atomic E-state index is -0.744. The van der Waals surface area contributed by atoms with Gasteiger partial charge >= 0.3 is 5.97 Å². The lowest BCUT2D eigenvalue weighted by Crippen LogP contribution is -2.41. The molecule has 0 aromatic rings. The van der Waals surface area contributed by atoms with Crippen LogP contribution in [0.2, 0.25) is 0 Å². The molecule has 0 fully saturated rings. The highest BCUT2D eigenvalue weighted by Gasteiger charge is 2.15. The molecule has 0 bridgehead atoms. The molecule has 6 N–H and O–H groups in total. The van der Waals surface area contributed by atoms with Crippen molar-refractivity contribution < 1.29 is 9.90 Å². The molecule has 0 aromatic carbocycles. The number of hydrogen-bond donors (Lipinski definition) is 5. The fraction of sp³-hybridized carbons (Fsp3) is 0.929. The molecule has 6 nitrogen and oxygen atoms in total. The fourth-order valence-electron chi connectivity index (χ4n) is 1.95. The van der Waals surface area contributed by atoms with Crippen LogP contribution in [-0.4, -0.2) is 56.4 Å². The van der Waals surface area contributed by atoms with Crippen LogP contribution in [0.15, 0.2) is 0 Å². The van der Waals surface area contributed by atoms with Crippen molar-refractivity contribution in [3.8, 4) is 0 Å². The second-order valence-electron chi connectivity index (χ2n) is 4.98. The van der Waals surface area contributed by atoms with Crippen molar-refractivity contribution in [2.24, 2.45) is 5.73 Å². The molecule has 0 aromatic heterocycles. The molecule has 0 rings (SSSR count). The van der Waals surface area contributed by atoms with Crippen molar-refractivity contribution in [2.75, 3.05) is 39.3 Å². The van der Waals surface area contributed by atoms with Crippen molar-refractivity contribution >= 4 is 5.97 Å². The van der Waals surface area contributed by atoms with Gasteiger partial charge in [-0.15, -0.1) is 0 Å². The molecule has 0 aliphatic heterocycles. The van der Waals surface area contributed by atoms with Crippen LogP contribution in [0.1, 0.15) is 39.0 Å². The molecular formula is C14H32N4O2. The average molecular weight is 288 g/mol. The van der Waals surface area contributed by atoms with E-state index in [9.17, 15) is 4.79 Å². The Bertz CT molecular complexity index is 227. The van der Waals surface area contributed by atoms with Crippen LogP contribution in [0.4, 0.5) is 0 Å². The van der Waals surface area contributed by atoms with Crippen molar-refractivity contribution in [1.82, 2.24) is 16.0 Å². The fourth-order valence-corrected chi connectivity index (χ4v) is 1.95. The second kappa shape index (κ2) is 14.7. The van der Waals surface area contributed by atoms with Crippen molar-refractivity contribution in [3.05, 3.63) is 0 Å². The molecule has 0 radical (unpaired) electrons. The normalized spacial score (nSPS) is 12.5. The third-order valence-electron chi connectivity index (χ3n) is 3.14. The quantitative estimate of drug-likeness (QED) is 0.275. The number of unbranched alkanes of at least 4 members (excludes halogenated alkanes) is 3. The number of nitrogens with one attached hydrogen (secondary N) is 3. The lowest BCUT2D eigenvalue weighted by atomic mass is 10.1. The van der Waals surface area contributed by atoms with E-state index < -0.39 is 12.0 Å². The van der Waals surface area contributed by atoms with Crippen LogP contribution in [0.25, 0.3) is 0 Å². The van der Waals surface area contributed by atoms with Gasteiger partial charge in [-0.05, 0) is 6.42 Å². The van der Waals surface area contributed by atoms with Crippen LogP contribution in [-0.2, 0) is 4.79 Å². The van der Waals surface area contributed by atoms with Crippen LogP contribution in [0.3, 0.4) is 0 Å². The summed E-state index contributed by atoms with van der Waals surface area (Å²) in [7, 11) is 0. The van der Waals surface area contributed by atoms with E-state index in [0.717, 1.165) is 39.0 Å². The largest absolute Gasteiger partial charge is 0.480 e. The molecule has 1 atom stereocenters. The predicted molar refractivity (Wildman–Crippen MR) is 83.0 cm³/mol. The summed E-state index contributed by atoms with van der Waals surface area (Å²) in [5, 5.41) is 18.7. The third kappa shape index (κ3) is 12.3. The van der Waals surface area contributed by atoms with E-state index in [1.165, 1.54) is 12.8 Å². The zero-order valence-electron chi connectivity index (χ0n) is 12.8. The van der Waals surface area contributed by atoms with Crippen molar-refractivity contribution in [1.29, 1.82) is 0 Å². The summed E-state index contributed by atoms with van der Waals surface area (Å²) in [6.07, 6.45) is 5.17. The standard InChI is InChI=1S/C14H32N4O2/c1-2-3-4-5-6-13(14(19)20)18-12-11-17-10-9-16-8-7-15/h13,16-18H,2-12,15H2,1H3,(H,19,20). The number of hydrogen-bond acceptors (Lipinski definition) is 5. The number of carboxylic acids is 1. The van der Waals surface area contributed by atoms with Gasteiger partial charge in [0, 0.05) is 39.3 Å². The molecule has 0 aliphatic rings. The van der Waals surface area contributed by atoms with Gasteiger partial charge in [-0.3, -0.25) is 4.79 Å². The smallest absolute Gasteiger partial charge is 0.320 e. The monoisotopic (exact) mass is 288 g/mol. The Morgan fingerprint density at radius 1 is 1.05 bits per heavy atom. The molecule has 0 saturated heterocycles. The molecule has 0 saturated carbocycles. The van der Waals surface area contributed by atoms with Crippen molar-refractivity contribution in [3.63, 3.8) is 0 Å². The lowest BCUT2D eigenvalue weighted by Gasteiger charge is -2.14. The Morgan fingerprint density at radius 2 is 1.70 bits per heavy atom. The van der Waals surface area contributed by atoms with Gasteiger partial charge in [0.15, 0.2) is 0 Å². The topological polar surface area (TPSA) is 99.4 Å². The van der Waals surface area contributed by atoms with Crippen molar-refractivity contribution in [2.45, 2.75) is 45.1 Å². The van der Waals surface area contributed by atoms with Gasteiger partial charge in [0.25, 0.3) is 0 Å². The van der Waals surface area contributed by atoms with Gasteiger partial charge in [0.1, 0.15) is 6.04 Å². The number of rotatable bonds is 15. The van der Waals surface area contributed by atoms with Gasteiger partial charge < -0.3 is 26.8 Å². The number of carboxylic acid groups (broad SMARTS) is 1. The Hall–Kier alpha value is -0.690. The first kappa shape index (κ1) is 19.3. The maximum atomic E-state index is 11.1. The van der Waals surface area contributed by atoms with E-state index in [2.05, 4.69) is 22.9 Å². The summed E-state index contributed by atoms with van der Waals surface area (Å²) in [5.74, 6) is -0.744. The number of carbonyl (C=O) groups is 1. The van der Waals surface area contributed by atoms with E-state index in [4.69, 9.17) is 10.8 Å². The first-order valence-corrected chi connectivity index (χ1v) is 7.80. The highest BCUT2D eigenvalue weighted by molar-refractivity contribution is 5.73. The summed E-state index contributed by atoms with van der Waals surface area (Å²) >= 11 is 0. The summed E-state index contributed by atoms with van der Waals surface area (Å²) in [6.45, 7) is 6.86. The van der Waals surface area contributed by atoms with Gasteiger partial charge in [-0.2, -0.15) is 0 Å². The second-order valence-corrected chi connectivity index (χ2v) is 4.98. The lowest BCUT2D eigenvalue weighted by molar-refractivity contribution is -0.139. The molecule has 0 heterocycles. The van der Waals surface area contributed by atoms with Crippen LogP contribution in [0, 0.1) is 0 Å². The third-order valence-corrected chi connectivity index (χ3v) is 3.14. The van der Waals surface area contributed by atoms with Gasteiger partial charge in [0.2, 0.25) is 0 Å². The Balaban J connectivity index is 3.48. The van der Waals surface area contributed by atoms with Crippen LogP contribution < -0.4 is 21.7 Å². The van der Waals surface area contributed by atoms with Gasteiger partial charge in [-0.25, -0.2) is 0 Å². The van der Waals surface area contributed by atoms with Crippen LogP contribution >= 0.6 is 0 Å². The molecule has 20 heavy (non-hydrogen) atoms. The molecule has 0 amide bonds. The predicted octanol–water partition coefficient (Wildman–Crippen LogP) is 0.138. The zero-order valence-corrected chi connectivity index (χ0v) is 12.8. The highest BCUT2D eigenvalue weighted by Crippen LogP contribution is 2.05. The summed E-state index contributed by atoms with van der Waals surface area (Å²) in [4.78, 5) is 11.1. The maximum Gasteiger partial charge on any atom is 0.320 e. The minimum absolute atomic E-state index is 0.413. The summed E-state index contributed by atoms with van der Waals surface area (Å²) in [5.41, 5.74) is 5.36. The average Bonchev–Trinajstić information content (AvgIpc) is 2.43. The van der Waals surface area contributed by atoms with E-state index in [1.807, 2.05) is 0 Å². The molecule has 120 valence electrons. The number of nitrogens with two attached hydrogens (primary N) is 1. The summed E-state index contributed by atoms with van der Waals surface area (Å²) < 4.78 is 0. The van der Waals surface area contributed by atoms with Gasteiger partial charge in [-0.1, -0.05) is 32.6 Å². The van der Waals surface area contributed by atoms with E-state index in [1.54, 1.807) is 0 Å². The Morgan fingerprint density at radius 3 is 2.30 bits per heavy atom.